The molecule has 0 aliphatic carbocycles. The van der Waals surface area contributed by atoms with Crippen LogP contribution in [0.1, 0.15) is 27.7 Å². The molecule has 0 aromatic carbocycles. The van der Waals surface area contributed by atoms with Crippen molar-refractivity contribution in [2.45, 2.75) is 58.3 Å². The van der Waals surface area contributed by atoms with Gasteiger partial charge in [-0.2, -0.15) is 0 Å². The quantitative estimate of drug-likeness (QED) is 0.456. The van der Waals surface area contributed by atoms with E-state index in [-0.39, 0.29) is 6.61 Å². The van der Waals surface area contributed by atoms with Crippen LogP contribution in [0.5, 0.6) is 0 Å². The van der Waals surface area contributed by atoms with E-state index in [1.807, 2.05) is 0 Å². The van der Waals surface area contributed by atoms with Gasteiger partial charge < -0.3 is 29.4 Å². The largest absolute Gasteiger partial charge is 0.463 e. The Morgan fingerprint density at radius 3 is 1.96 bits per heavy atom. The van der Waals surface area contributed by atoms with Gasteiger partial charge >= 0.3 is 17.9 Å². The van der Waals surface area contributed by atoms with Gasteiger partial charge in [-0.25, -0.2) is 0 Å². The summed E-state index contributed by atoms with van der Waals surface area (Å²) in [5, 5.41) is 12.5. The van der Waals surface area contributed by atoms with Crippen molar-refractivity contribution in [1.29, 1.82) is 0 Å². The highest BCUT2D eigenvalue weighted by molar-refractivity contribution is 5.73. The third-order valence-electron chi connectivity index (χ3n) is 3.09. The van der Waals surface area contributed by atoms with E-state index >= 15 is 0 Å². The van der Waals surface area contributed by atoms with Crippen molar-refractivity contribution in [2.24, 2.45) is 0 Å². The average Bonchev–Trinajstić information content (AvgIpc) is 2.42. The van der Waals surface area contributed by atoms with Gasteiger partial charge in [0.25, 0.3) is 0 Å². The van der Waals surface area contributed by atoms with Crippen LogP contribution in [0.15, 0.2) is 0 Å². The minimum absolute atomic E-state index is 0.338. The van der Waals surface area contributed by atoms with E-state index in [0.717, 1.165) is 13.8 Å². The third kappa shape index (κ3) is 5.78. The molecule has 1 heterocycles. The van der Waals surface area contributed by atoms with E-state index in [2.05, 4.69) is 5.32 Å². The predicted octanol–water partition coefficient (Wildman–Crippen LogP) is -1.37. The molecule has 0 saturated carbocycles. The molecule has 0 spiro atoms. The van der Waals surface area contributed by atoms with Gasteiger partial charge in [-0.15, -0.1) is 0 Å². The molecule has 10 nitrogen and oxygen atoms in total. The fourth-order valence-electron chi connectivity index (χ4n) is 2.31. The molecule has 10 heteroatoms. The number of carbonyl (C=O) groups excluding carboxylic acids is 4. The molecular formula is C14H21NO9. The van der Waals surface area contributed by atoms with E-state index in [1.54, 1.807) is 0 Å². The molecule has 1 fully saturated rings. The van der Waals surface area contributed by atoms with Crippen LogP contribution in [0.4, 0.5) is 0 Å². The molecule has 1 aliphatic rings. The number of aliphatic hydroxyl groups excluding tert-OH is 1. The molecule has 2 N–H and O–H groups in total. The second-order valence-electron chi connectivity index (χ2n) is 5.24. The van der Waals surface area contributed by atoms with E-state index in [1.165, 1.54) is 13.8 Å². The van der Waals surface area contributed by atoms with Crippen LogP contribution in [0.3, 0.4) is 0 Å². The SMILES string of the molecule is CC(=O)NC1[C@H](O)O[C@H](COC(C)=O)[C@@H](OC(C)=O)[C@@H]1OC(C)=O. The van der Waals surface area contributed by atoms with Gasteiger partial charge in [-0.3, -0.25) is 19.2 Å². The van der Waals surface area contributed by atoms with Gasteiger partial charge in [0.2, 0.25) is 5.91 Å². The summed E-state index contributed by atoms with van der Waals surface area (Å²) in [6.45, 7) is 4.28. The summed E-state index contributed by atoms with van der Waals surface area (Å²) in [4.78, 5) is 45.0. The lowest BCUT2D eigenvalue weighted by Gasteiger charge is -2.43. The summed E-state index contributed by atoms with van der Waals surface area (Å²) < 4.78 is 20.3. The van der Waals surface area contributed by atoms with Crippen molar-refractivity contribution >= 4 is 23.8 Å². The zero-order valence-corrected chi connectivity index (χ0v) is 13.8. The molecule has 5 atom stereocenters. The van der Waals surface area contributed by atoms with Crippen molar-refractivity contribution in [3.63, 3.8) is 0 Å². The molecule has 1 unspecified atom stereocenters. The van der Waals surface area contributed by atoms with Crippen molar-refractivity contribution < 1.29 is 43.2 Å². The maximum absolute atomic E-state index is 11.4. The summed E-state index contributed by atoms with van der Waals surface area (Å²) in [7, 11) is 0. The van der Waals surface area contributed by atoms with E-state index in [9.17, 15) is 24.3 Å². The Kier molecular flexibility index (Phi) is 7.11. The zero-order chi connectivity index (χ0) is 18.4. The maximum Gasteiger partial charge on any atom is 0.303 e. The van der Waals surface area contributed by atoms with Gasteiger partial charge in [-0.05, 0) is 0 Å². The Morgan fingerprint density at radius 1 is 0.958 bits per heavy atom. The fraction of sp³-hybridized carbons (Fsp3) is 0.714. The Labute approximate surface area is 138 Å². The Balaban J connectivity index is 3.11. The molecule has 24 heavy (non-hydrogen) atoms. The summed E-state index contributed by atoms with van der Waals surface area (Å²) in [5.41, 5.74) is 0. The number of ether oxygens (including phenoxy) is 4. The van der Waals surface area contributed by atoms with Gasteiger partial charge in [0.15, 0.2) is 18.5 Å². The molecule has 0 aromatic heterocycles. The molecule has 136 valence electrons. The second kappa shape index (κ2) is 8.60. The van der Waals surface area contributed by atoms with E-state index < -0.39 is 54.5 Å². The smallest absolute Gasteiger partial charge is 0.303 e. The van der Waals surface area contributed by atoms with Crippen LogP contribution in [0.25, 0.3) is 0 Å². The second-order valence-corrected chi connectivity index (χ2v) is 5.24. The van der Waals surface area contributed by atoms with Crippen LogP contribution in [-0.2, 0) is 38.1 Å². The van der Waals surface area contributed by atoms with Crippen LogP contribution in [-0.4, -0.2) is 66.2 Å². The minimum Gasteiger partial charge on any atom is -0.463 e. The number of aliphatic hydroxyl groups is 1. The zero-order valence-electron chi connectivity index (χ0n) is 13.8. The lowest BCUT2D eigenvalue weighted by molar-refractivity contribution is -0.264. The Hall–Kier alpha value is -2.20. The fourth-order valence-corrected chi connectivity index (χ4v) is 2.31. The third-order valence-corrected chi connectivity index (χ3v) is 3.09. The number of hydrogen-bond acceptors (Lipinski definition) is 9. The van der Waals surface area contributed by atoms with Crippen LogP contribution >= 0.6 is 0 Å². The first-order valence-electron chi connectivity index (χ1n) is 7.20. The Bertz CT molecular complexity index is 506. The lowest BCUT2D eigenvalue weighted by Crippen LogP contribution is -2.66. The van der Waals surface area contributed by atoms with Gasteiger partial charge in [-0.1, -0.05) is 0 Å². The minimum atomic E-state index is -1.56. The number of rotatable bonds is 5. The first-order valence-corrected chi connectivity index (χ1v) is 7.20. The van der Waals surface area contributed by atoms with E-state index in [4.69, 9.17) is 18.9 Å². The maximum atomic E-state index is 11.4. The molecule has 1 aliphatic heterocycles. The van der Waals surface area contributed by atoms with Crippen molar-refractivity contribution in [2.75, 3.05) is 6.61 Å². The highest BCUT2D eigenvalue weighted by Crippen LogP contribution is 2.26. The molecule has 0 radical (unpaired) electrons. The molecule has 0 bridgehead atoms. The molecule has 1 saturated heterocycles. The Morgan fingerprint density at radius 2 is 1.50 bits per heavy atom. The van der Waals surface area contributed by atoms with Crippen LogP contribution < -0.4 is 5.32 Å². The summed E-state index contributed by atoms with van der Waals surface area (Å²) >= 11 is 0. The summed E-state index contributed by atoms with van der Waals surface area (Å²) in [6.07, 6.45) is -5.06. The first kappa shape index (κ1) is 19.8. The standard InChI is InChI=1S/C14H21NO9/c1-6(16)15-11-13(23-9(4)19)12(22-8(3)18)10(24-14(11)20)5-21-7(2)17/h10-14,20H,5H2,1-4H3,(H,15,16)/t10-,11?,12-,13-,14-/m1/s1. The van der Waals surface area contributed by atoms with Crippen molar-refractivity contribution in [3.8, 4) is 0 Å². The highest BCUT2D eigenvalue weighted by atomic mass is 16.7. The van der Waals surface area contributed by atoms with Gasteiger partial charge in [0.1, 0.15) is 18.8 Å². The molecule has 1 rings (SSSR count). The number of amides is 1. The topological polar surface area (TPSA) is 137 Å². The predicted molar refractivity (Wildman–Crippen MR) is 76.2 cm³/mol. The van der Waals surface area contributed by atoms with E-state index in [0.29, 0.717) is 0 Å². The summed E-state index contributed by atoms with van der Waals surface area (Å²) in [6, 6.07) is -1.16. The van der Waals surface area contributed by atoms with Gasteiger partial charge in [0, 0.05) is 27.7 Å². The molecular weight excluding hydrogens is 326 g/mol. The normalized spacial score (nSPS) is 29.3. The highest BCUT2D eigenvalue weighted by Gasteiger charge is 2.50. The molecule has 1 amide bonds. The van der Waals surface area contributed by atoms with Gasteiger partial charge in [0.05, 0.1) is 0 Å². The number of nitrogens with one attached hydrogen (secondary N) is 1. The lowest BCUT2D eigenvalue weighted by atomic mass is 9.96. The number of esters is 3. The van der Waals surface area contributed by atoms with Crippen molar-refractivity contribution in [1.82, 2.24) is 5.32 Å². The number of carbonyl (C=O) groups is 4. The van der Waals surface area contributed by atoms with Crippen LogP contribution in [0.2, 0.25) is 0 Å². The van der Waals surface area contributed by atoms with Crippen LogP contribution in [0, 0.1) is 0 Å². The number of hydrogen-bond donors (Lipinski definition) is 2. The molecule has 0 aromatic rings. The van der Waals surface area contributed by atoms with Crippen molar-refractivity contribution in [3.05, 3.63) is 0 Å². The first-order chi connectivity index (χ1) is 11.1. The average molecular weight is 347 g/mol. The monoisotopic (exact) mass is 347 g/mol. The summed E-state index contributed by atoms with van der Waals surface area (Å²) in [5.74, 6) is -2.54.